The first-order valence-electron chi connectivity index (χ1n) is 11.6. The molecular weight excluding hydrogens is 374 g/mol. The summed E-state index contributed by atoms with van der Waals surface area (Å²) < 4.78 is 0. The van der Waals surface area contributed by atoms with Crippen molar-refractivity contribution in [3.8, 4) is 0 Å². The van der Waals surface area contributed by atoms with Crippen LogP contribution in [0, 0.1) is 23.7 Å². The number of hydrogen-bond donors (Lipinski definition) is 0. The van der Waals surface area contributed by atoms with Gasteiger partial charge in [0.05, 0.1) is 0 Å². The summed E-state index contributed by atoms with van der Waals surface area (Å²) in [6.45, 7) is 9.27. The molecule has 0 saturated carbocycles. The van der Waals surface area contributed by atoms with E-state index in [1.54, 1.807) is 0 Å². The van der Waals surface area contributed by atoms with Crippen LogP contribution in [0.25, 0.3) is 0 Å². The van der Waals surface area contributed by atoms with Gasteiger partial charge in [0.1, 0.15) is 0 Å². The van der Waals surface area contributed by atoms with Crippen molar-refractivity contribution in [1.82, 2.24) is 0 Å². The predicted octanol–water partition coefficient (Wildman–Crippen LogP) is 2.51. The van der Waals surface area contributed by atoms with Gasteiger partial charge in [0.25, 0.3) is 0 Å². The summed E-state index contributed by atoms with van der Waals surface area (Å²) in [6.07, 6.45) is 4.63. The molecule has 0 nitrogen and oxygen atoms in total. The molecule has 0 fully saturated rings. The van der Waals surface area contributed by atoms with E-state index in [9.17, 15) is 0 Å². The van der Waals surface area contributed by atoms with Gasteiger partial charge in [0.2, 0.25) is 0 Å². The fraction of sp³-hybridized carbons (Fsp3) is 0.333. The van der Waals surface area contributed by atoms with Crippen molar-refractivity contribution in [1.29, 1.82) is 0 Å². The Kier molecular flexibility index (Phi) is 13.1. The van der Waals surface area contributed by atoms with Crippen molar-refractivity contribution in [2.75, 3.05) is 0 Å². The number of benzene rings is 3. The van der Waals surface area contributed by atoms with Crippen molar-refractivity contribution in [2.45, 2.75) is 53.4 Å². The largest absolute Gasteiger partial charge is 1.00 e. The van der Waals surface area contributed by atoms with Crippen molar-refractivity contribution in [3.05, 3.63) is 119 Å². The third-order valence-electron chi connectivity index (χ3n) is 6.33. The summed E-state index contributed by atoms with van der Waals surface area (Å²) in [7, 11) is 0. The van der Waals surface area contributed by atoms with Gasteiger partial charge in [0.15, 0.2) is 0 Å². The Morgan fingerprint density at radius 1 is 0.500 bits per heavy atom. The van der Waals surface area contributed by atoms with Crippen LogP contribution in [-0.4, -0.2) is 0 Å². The fourth-order valence-electron chi connectivity index (χ4n) is 3.94. The average molecular weight is 411 g/mol. The zero-order valence-electron chi connectivity index (χ0n) is 21.1. The van der Waals surface area contributed by atoms with Crippen molar-refractivity contribution in [2.24, 2.45) is 11.8 Å². The van der Waals surface area contributed by atoms with Gasteiger partial charge in [-0.25, -0.2) is 0 Å². The van der Waals surface area contributed by atoms with E-state index < -0.39 is 0 Å². The third kappa shape index (κ3) is 7.87. The maximum atomic E-state index is 2.35. The molecule has 0 aromatic heterocycles. The SMILES string of the molecule is CCC(C)C[C-](c1ccccc1)c1ccc([C-](CC(C)CC)c2ccccc2)cc1.[Li+].[Li+]. The zero-order chi connectivity index (χ0) is 21.3. The molecule has 3 aromatic carbocycles. The molecule has 0 saturated heterocycles. The summed E-state index contributed by atoms with van der Waals surface area (Å²) in [5.74, 6) is 4.27. The molecule has 3 aromatic rings. The van der Waals surface area contributed by atoms with Crippen LogP contribution in [0.4, 0.5) is 0 Å². The molecule has 0 aliphatic rings. The fourth-order valence-corrected chi connectivity index (χ4v) is 3.94. The molecule has 158 valence electrons. The molecule has 0 radical (unpaired) electrons. The molecule has 2 heteroatoms. The Bertz CT molecular complexity index is 784. The van der Waals surface area contributed by atoms with E-state index in [2.05, 4.69) is 113 Å². The van der Waals surface area contributed by atoms with Crippen LogP contribution < -0.4 is 37.7 Å². The molecule has 0 spiro atoms. The van der Waals surface area contributed by atoms with E-state index in [0.717, 1.165) is 12.8 Å². The van der Waals surface area contributed by atoms with E-state index >= 15 is 0 Å². The van der Waals surface area contributed by atoms with Crippen LogP contribution in [0.15, 0.2) is 84.9 Å². The molecular formula is C30H36Li2. The van der Waals surface area contributed by atoms with Gasteiger partial charge < -0.3 is 0 Å². The molecule has 3 rings (SSSR count). The topological polar surface area (TPSA) is 0 Å². The smallest absolute Gasteiger partial charge is 0.153 e. The second-order valence-electron chi connectivity index (χ2n) is 8.70. The van der Waals surface area contributed by atoms with Crippen LogP contribution in [0.5, 0.6) is 0 Å². The summed E-state index contributed by atoms with van der Waals surface area (Å²) in [5, 5.41) is 0. The number of hydrogen-bond acceptors (Lipinski definition) is 0. The molecule has 0 aliphatic heterocycles. The van der Waals surface area contributed by atoms with Crippen LogP contribution in [-0.2, 0) is 0 Å². The summed E-state index contributed by atoms with van der Waals surface area (Å²) in [4.78, 5) is 0. The van der Waals surface area contributed by atoms with E-state index in [1.165, 1.54) is 46.9 Å². The second-order valence-corrected chi connectivity index (χ2v) is 8.70. The second kappa shape index (κ2) is 14.7. The van der Waals surface area contributed by atoms with Gasteiger partial charge in [0, 0.05) is 0 Å². The molecule has 0 amide bonds. The van der Waals surface area contributed by atoms with Gasteiger partial charge in [-0.3, -0.25) is 0 Å². The van der Waals surface area contributed by atoms with Gasteiger partial charge in [-0.1, -0.05) is 89.8 Å². The monoisotopic (exact) mass is 410 g/mol. The quantitative estimate of drug-likeness (QED) is 0.356. The summed E-state index contributed by atoms with van der Waals surface area (Å²) in [6, 6.07) is 31.1. The van der Waals surface area contributed by atoms with Crippen molar-refractivity contribution in [3.63, 3.8) is 0 Å². The molecule has 0 heterocycles. The Morgan fingerprint density at radius 3 is 1.06 bits per heavy atom. The Hall–Kier alpha value is -1.41. The Morgan fingerprint density at radius 2 is 0.781 bits per heavy atom. The van der Waals surface area contributed by atoms with Crippen LogP contribution in [0.2, 0.25) is 0 Å². The molecule has 0 bridgehead atoms. The Labute approximate surface area is 221 Å². The van der Waals surface area contributed by atoms with E-state index in [4.69, 9.17) is 0 Å². The van der Waals surface area contributed by atoms with Crippen LogP contribution in [0.3, 0.4) is 0 Å². The Balaban J connectivity index is 0.00000256. The average Bonchev–Trinajstić information content (AvgIpc) is 2.82. The summed E-state index contributed by atoms with van der Waals surface area (Å²) >= 11 is 0. The first-order valence-corrected chi connectivity index (χ1v) is 11.6. The first kappa shape index (κ1) is 28.6. The minimum Gasteiger partial charge on any atom is -0.153 e. The van der Waals surface area contributed by atoms with Crippen molar-refractivity contribution >= 4 is 0 Å². The first-order chi connectivity index (χ1) is 14.6. The molecule has 2 unspecified atom stereocenters. The van der Waals surface area contributed by atoms with Crippen LogP contribution in [0.1, 0.15) is 75.6 Å². The minimum atomic E-state index is 0. The third-order valence-corrected chi connectivity index (χ3v) is 6.33. The van der Waals surface area contributed by atoms with Gasteiger partial charge in [-0.15, -0.1) is 58.4 Å². The van der Waals surface area contributed by atoms with E-state index in [-0.39, 0.29) is 37.7 Å². The van der Waals surface area contributed by atoms with Gasteiger partial charge >= 0.3 is 37.7 Å². The summed E-state index contributed by atoms with van der Waals surface area (Å²) in [5.41, 5.74) is 5.39. The molecule has 32 heavy (non-hydrogen) atoms. The van der Waals surface area contributed by atoms with Crippen molar-refractivity contribution < 1.29 is 37.7 Å². The maximum Gasteiger partial charge on any atom is 1.00 e. The maximum absolute atomic E-state index is 2.35. The van der Waals surface area contributed by atoms with Crippen LogP contribution >= 0.6 is 0 Å². The minimum absolute atomic E-state index is 0. The number of rotatable bonds is 10. The van der Waals surface area contributed by atoms with Gasteiger partial charge in [-0.2, -0.15) is 24.3 Å². The molecule has 0 N–H and O–H groups in total. The molecule has 0 aliphatic carbocycles. The standard InChI is InChI=1S/C30H36.2Li/c1-5-23(3)21-29(25-13-9-7-10-14-25)27-17-19-28(20-18-27)30(22-24(4)6-2)26-15-11-8-12-16-26;;/h7-20,23-24H,5-6,21-22H2,1-4H3;;/q-2;2*+1. The molecule has 2 atom stereocenters. The van der Waals surface area contributed by atoms with Gasteiger partial charge in [-0.05, 0) is 11.8 Å². The zero-order valence-corrected chi connectivity index (χ0v) is 21.1. The van der Waals surface area contributed by atoms with E-state index in [0.29, 0.717) is 11.8 Å². The predicted molar refractivity (Wildman–Crippen MR) is 130 cm³/mol. The van der Waals surface area contributed by atoms with E-state index in [1.807, 2.05) is 0 Å². The normalized spacial score (nSPS) is 12.1.